The standard InChI is InChI=1S/C20H23N5O4.2C2H6/c1-26-7-4-16-17-14(11-28-16)20(25-5-8-27-9-6-25)23-19(22-17)12-2-3-15-13(10-12)18(21)24-29-15;2*1-2/h2-3,10,16H,4-9,11H2,1H3,(H2,21,24);2*1-2H3. The van der Waals surface area contributed by atoms with Crippen molar-refractivity contribution in [2.24, 2.45) is 0 Å². The Bertz CT molecular complexity index is 1030. The summed E-state index contributed by atoms with van der Waals surface area (Å²) in [4.78, 5) is 12.1. The molecular weight excluding hydrogens is 422 g/mol. The maximum atomic E-state index is 6.04. The Balaban J connectivity index is 0.000000728. The zero-order valence-electron chi connectivity index (χ0n) is 20.3. The molecule has 2 aliphatic heterocycles. The van der Waals surface area contributed by atoms with Crippen LogP contribution < -0.4 is 10.6 Å². The van der Waals surface area contributed by atoms with E-state index in [4.69, 9.17) is 34.4 Å². The number of ether oxygens (including phenoxy) is 3. The van der Waals surface area contributed by atoms with Crippen molar-refractivity contribution < 1.29 is 18.7 Å². The Morgan fingerprint density at radius 2 is 1.88 bits per heavy atom. The van der Waals surface area contributed by atoms with Gasteiger partial charge >= 0.3 is 0 Å². The van der Waals surface area contributed by atoms with Crippen molar-refractivity contribution in [2.45, 2.75) is 46.8 Å². The third-order valence-corrected chi connectivity index (χ3v) is 5.40. The van der Waals surface area contributed by atoms with E-state index in [9.17, 15) is 0 Å². The highest BCUT2D eigenvalue weighted by molar-refractivity contribution is 5.90. The third-order valence-electron chi connectivity index (χ3n) is 5.40. The van der Waals surface area contributed by atoms with Gasteiger partial charge in [0.1, 0.15) is 11.9 Å². The summed E-state index contributed by atoms with van der Waals surface area (Å²) in [6.07, 6.45) is 0.649. The molecule has 1 saturated heterocycles. The summed E-state index contributed by atoms with van der Waals surface area (Å²) in [6, 6.07) is 5.70. The Labute approximate surface area is 195 Å². The maximum absolute atomic E-state index is 6.04. The summed E-state index contributed by atoms with van der Waals surface area (Å²) >= 11 is 0. The molecule has 33 heavy (non-hydrogen) atoms. The van der Waals surface area contributed by atoms with Crippen LogP contribution in [0, 0.1) is 0 Å². The molecule has 0 amide bonds. The zero-order valence-corrected chi connectivity index (χ0v) is 20.3. The summed E-state index contributed by atoms with van der Waals surface area (Å²) in [5.74, 6) is 1.92. The van der Waals surface area contributed by atoms with E-state index in [1.54, 1.807) is 7.11 Å². The number of nitrogens with two attached hydrogens (primary N) is 1. The Morgan fingerprint density at radius 1 is 1.12 bits per heavy atom. The van der Waals surface area contributed by atoms with Crippen LogP contribution >= 0.6 is 0 Å². The fourth-order valence-corrected chi connectivity index (χ4v) is 3.86. The van der Waals surface area contributed by atoms with Crippen molar-refractivity contribution in [2.75, 3.05) is 50.7 Å². The molecule has 2 aliphatic rings. The van der Waals surface area contributed by atoms with Crippen LogP contribution in [0.2, 0.25) is 0 Å². The molecule has 180 valence electrons. The van der Waals surface area contributed by atoms with Gasteiger partial charge < -0.3 is 29.4 Å². The van der Waals surface area contributed by atoms with Gasteiger partial charge in [-0.15, -0.1) is 0 Å². The first kappa shape index (κ1) is 24.9. The third kappa shape index (κ3) is 5.26. The summed E-state index contributed by atoms with van der Waals surface area (Å²) in [6.45, 7) is 12.1. The first-order valence-corrected chi connectivity index (χ1v) is 11.7. The van der Waals surface area contributed by atoms with Gasteiger partial charge in [0.05, 0.1) is 30.9 Å². The number of nitrogens with zero attached hydrogens (tertiary/aromatic N) is 4. The SMILES string of the molecule is CC.CC.COCCC1OCc2c1nc(-c1ccc3onc(N)c3c1)nc2N1CCOCC1. The highest BCUT2D eigenvalue weighted by atomic mass is 16.5. The van der Waals surface area contributed by atoms with Crippen molar-refractivity contribution in [3.63, 3.8) is 0 Å². The fourth-order valence-electron chi connectivity index (χ4n) is 3.86. The smallest absolute Gasteiger partial charge is 0.174 e. The minimum Gasteiger partial charge on any atom is -0.385 e. The molecule has 0 bridgehead atoms. The fraction of sp³-hybridized carbons (Fsp3) is 0.542. The monoisotopic (exact) mass is 457 g/mol. The first-order valence-electron chi connectivity index (χ1n) is 11.7. The number of morpholine rings is 1. The molecule has 0 radical (unpaired) electrons. The number of aromatic nitrogens is 3. The molecule has 9 nitrogen and oxygen atoms in total. The predicted octanol–water partition coefficient (Wildman–Crippen LogP) is 4.36. The van der Waals surface area contributed by atoms with Crippen LogP contribution in [-0.2, 0) is 20.8 Å². The lowest BCUT2D eigenvalue weighted by Crippen LogP contribution is -2.37. The van der Waals surface area contributed by atoms with Gasteiger partial charge in [0.2, 0.25) is 0 Å². The quantitative estimate of drug-likeness (QED) is 0.597. The second-order valence-electron chi connectivity index (χ2n) is 7.19. The molecule has 1 atom stereocenters. The molecule has 0 spiro atoms. The highest BCUT2D eigenvalue weighted by Crippen LogP contribution is 2.38. The Kier molecular flexibility index (Phi) is 8.99. The van der Waals surface area contributed by atoms with Crippen LogP contribution in [0.5, 0.6) is 0 Å². The van der Waals surface area contributed by atoms with Crippen LogP contribution in [0.4, 0.5) is 11.6 Å². The van der Waals surface area contributed by atoms with Gasteiger partial charge in [-0.2, -0.15) is 0 Å². The highest BCUT2D eigenvalue weighted by Gasteiger charge is 2.31. The van der Waals surface area contributed by atoms with Crippen LogP contribution in [-0.4, -0.2) is 55.1 Å². The van der Waals surface area contributed by atoms with Gasteiger partial charge in [0.15, 0.2) is 17.2 Å². The summed E-state index contributed by atoms with van der Waals surface area (Å²) in [5.41, 5.74) is 9.43. The van der Waals surface area contributed by atoms with E-state index in [1.807, 2.05) is 45.9 Å². The zero-order chi connectivity index (χ0) is 23.8. The van der Waals surface area contributed by atoms with Crippen LogP contribution in [0.25, 0.3) is 22.4 Å². The van der Waals surface area contributed by atoms with Crippen LogP contribution in [0.3, 0.4) is 0 Å². The molecule has 3 aromatic rings. The molecule has 1 fully saturated rings. The molecular formula is C24H35N5O4. The average molecular weight is 458 g/mol. The van der Waals surface area contributed by atoms with E-state index >= 15 is 0 Å². The number of fused-ring (bicyclic) bond motifs is 2. The minimum absolute atomic E-state index is 0.101. The molecule has 4 heterocycles. The van der Waals surface area contributed by atoms with Gasteiger partial charge in [-0.25, -0.2) is 9.97 Å². The lowest BCUT2D eigenvalue weighted by molar-refractivity contribution is 0.0383. The summed E-state index contributed by atoms with van der Waals surface area (Å²) < 4.78 is 22.0. The minimum atomic E-state index is -0.101. The van der Waals surface area contributed by atoms with E-state index in [-0.39, 0.29) is 6.10 Å². The second-order valence-corrected chi connectivity index (χ2v) is 7.19. The van der Waals surface area contributed by atoms with Gasteiger partial charge in [0.25, 0.3) is 0 Å². The Morgan fingerprint density at radius 3 is 2.61 bits per heavy atom. The molecule has 2 aromatic heterocycles. The second kappa shape index (κ2) is 11.9. The largest absolute Gasteiger partial charge is 0.385 e. The van der Waals surface area contributed by atoms with E-state index < -0.39 is 0 Å². The van der Waals surface area contributed by atoms with E-state index in [1.165, 1.54) is 0 Å². The van der Waals surface area contributed by atoms with Gasteiger partial charge in [-0.05, 0) is 18.2 Å². The van der Waals surface area contributed by atoms with Crippen LogP contribution in [0.15, 0.2) is 22.7 Å². The number of anilines is 2. The number of hydrogen-bond acceptors (Lipinski definition) is 9. The lowest BCUT2D eigenvalue weighted by Gasteiger charge is -2.29. The molecule has 0 aliphatic carbocycles. The van der Waals surface area contributed by atoms with Crippen molar-refractivity contribution in [1.82, 2.24) is 15.1 Å². The normalized spacial score (nSPS) is 17.1. The van der Waals surface area contributed by atoms with Gasteiger partial charge in [0, 0.05) is 44.4 Å². The molecule has 9 heteroatoms. The first-order chi connectivity index (χ1) is 16.2. The number of hydrogen-bond donors (Lipinski definition) is 1. The van der Waals surface area contributed by atoms with Crippen LogP contribution in [0.1, 0.15) is 51.5 Å². The Hall–Kier alpha value is -2.75. The number of rotatable bonds is 5. The predicted molar refractivity (Wildman–Crippen MR) is 129 cm³/mol. The molecule has 1 aromatic carbocycles. The molecule has 1 unspecified atom stereocenters. The summed E-state index contributed by atoms with van der Waals surface area (Å²) in [5, 5.41) is 4.59. The molecule has 5 rings (SSSR count). The van der Waals surface area contributed by atoms with Crippen molar-refractivity contribution in [1.29, 1.82) is 0 Å². The average Bonchev–Trinajstić information content (AvgIpc) is 3.48. The van der Waals surface area contributed by atoms with E-state index in [2.05, 4.69) is 10.1 Å². The van der Waals surface area contributed by atoms with E-state index in [0.717, 1.165) is 47.5 Å². The lowest BCUT2D eigenvalue weighted by atomic mass is 10.1. The van der Waals surface area contributed by atoms with Crippen molar-refractivity contribution >= 4 is 22.6 Å². The topological polar surface area (TPSA) is 109 Å². The molecule has 2 N–H and O–H groups in total. The molecule has 0 saturated carbocycles. The number of nitrogen functional groups attached to an aromatic ring is 1. The van der Waals surface area contributed by atoms with E-state index in [0.29, 0.717) is 43.7 Å². The number of benzene rings is 1. The maximum Gasteiger partial charge on any atom is 0.174 e. The van der Waals surface area contributed by atoms with Gasteiger partial charge in [-0.3, -0.25) is 0 Å². The van der Waals surface area contributed by atoms with Crippen molar-refractivity contribution in [3.05, 3.63) is 29.5 Å². The van der Waals surface area contributed by atoms with Gasteiger partial charge in [-0.1, -0.05) is 32.9 Å². The number of methoxy groups -OCH3 is 1. The van der Waals surface area contributed by atoms with Crippen molar-refractivity contribution in [3.8, 4) is 11.4 Å². The summed E-state index contributed by atoms with van der Waals surface area (Å²) in [7, 11) is 1.69.